The molecule has 5 rings (SSSR count). The molecule has 0 aliphatic heterocycles. The molecular formula is C26H26N4. The minimum atomic E-state index is 0.179. The van der Waals surface area contributed by atoms with Crippen molar-refractivity contribution in [1.29, 1.82) is 0 Å². The normalized spacial score (nSPS) is 13.7. The van der Waals surface area contributed by atoms with Gasteiger partial charge in [0.05, 0.1) is 22.1 Å². The molecule has 2 heterocycles. The van der Waals surface area contributed by atoms with Crippen LogP contribution in [-0.4, -0.2) is 19.9 Å². The van der Waals surface area contributed by atoms with Gasteiger partial charge in [0.15, 0.2) is 0 Å². The molecule has 5 aromatic rings. The Hall–Kier alpha value is -3.40. The predicted molar refractivity (Wildman–Crippen MR) is 123 cm³/mol. The third-order valence-electron chi connectivity index (χ3n) is 5.94. The Kier molecular flexibility index (Phi) is 4.62. The first-order valence-electron chi connectivity index (χ1n) is 10.5. The summed E-state index contributed by atoms with van der Waals surface area (Å²) in [7, 11) is 0. The molecule has 2 atom stereocenters. The minimum Gasteiger partial charge on any atom is -0.342 e. The van der Waals surface area contributed by atoms with Gasteiger partial charge < -0.3 is 9.97 Å². The fourth-order valence-electron chi connectivity index (χ4n) is 4.48. The molecule has 0 saturated heterocycles. The van der Waals surface area contributed by atoms with Gasteiger partial charge in [-0.2, -0.15) is 0 Å². The van der Waals surface area contributed by atoms with Crippen LogP contribution in [0.15, 0.2) is 66.7 Å². The molecule has 0 fully saturated rings. The maximum Gasteiger partial charge on any atom is 0.111 e. The predicted octanol–water partition coefficient (Wildman–Crippen LogP) is 6.19. The second-order valence-corrected chi connectivity index (χ2v) is 8.37. The number of aromatic amines is 2. The van der Waals surface area contributed by atoms with Gasteiger partial charge in [0.1, 0.15) is 11.6 Å². The number of aryl methyl sites for hydroxylation is 2. The Morgan fingerprint density at radius 2 is 1.27 bits per heavy atom. The molecule has 2 N–H and O–H groups in total. The number of H-pyrrole nitrogens is 2. The van der Waals surface area contributed by atoms with Crippen molar-refractivity contribution in [3.8, 4) is 0 Å². The summed E-state index contributed by atoms with van der Waals surface area (Å²) in [6, 6.07) is 23.2. The Balaban J connectivity index is 1.59. The SMILES string of the molecule is Cc1cc(C)cc(C[C@H](c2nc3ccccc3[nH]2)[C@H](C)c2nc3ccccc3[nH]2)c1. The zero-order chi connectivity index (χ0) is 20.7. The molecule has 3 aromatic carbocycles. The molecule has 30 heavy (non-hydrogen) atoms. The lowest BCUT2D eigenvalue weighted by Crippen LogP contribution is -2.14. The highest BCUT2D eigenvalue weighted by molar-refractivity contribution is 5.75. The van der Waals surface area contributed by atoms with Crippen molar-refractivity contribution in [2.75, 3.05) is 0 Å². The average Bonchev–Trinajstić information content (AvgIpc) is 3.34. The fourth-order valence-corrected chi connectivity index (χ4v) is 4.48. The molecule has 0 aliphatic rings. The number of hydrogen-bond acceptors (Lipinski definition) is 2. The summed E-state index contributed by atoms with van der Waals surface area (Å²) in [5, 5.41) is 0. The van der Waals surface area contributed by atoms with Crippen LogP contribution in [0.2, 0.25) is 0 Å². The first-order chi connectivity index (χ1) is 14.6. The van der Waals surface area contributed by atoms with E-state index in [4.69, 9.17) is 9.97 Å². The maximum absolute atomic E-state index is 4.96. The molecule has 0 unspecified atom stereocenters. The monoisotopic (exact) mass is 394 g/mol. The van der Waals surface area contributed by atoms with Gasteiger partial charge in [0, 0.05) is 11.8 Å². The number of para-hydroxylation sites is 4. The molecule has 2 aromatic heterocycles. The maximum atomic E-state index is 4.96. The van der Waals surface area contributed by atoms with Gasteiger partial charge in [-0.15, -0.1) is 0 Å². The van der Waals surface area contributed by atoms with Gasteiger partial charge in [-0.3, -0.25) is 0 Å². The van der Waals surface area contributed by atoms with Gasteiger partial charge in [0.25, 0.3) is 0 Å². The van der Waals surface area contributed by atoms with Crippen LogP contribution < -0.4 is 0 Å². The van der Waals surface area contributed by atoms with E-state index in [1.165, 1.54) is 16.7 Å². The molecule has 0 aliphatic carbocycles. The first-order valence-corrected chi connectivity index (χ1v) is 10.5. The van der Waals surface area contributed by atoms with Crippen LogP contribution in [0.1, 0.15) is 47.1 Å². The number of benzene rings is 3. The second kappa shape index (κ2) is 7.45. The highest BCUT2D eigenvalue weighted by Crippen LogP contribution is 2.35. The lowest BCUT2D eigenvalue weighted by atomic mass is 9.86. The first kappa shape index (κ1) is 18.6. The number of nitrogens with one attached hydrogen (secondary N) is 2. The van der Waals surface area contributed by atoms with Crippen LogP contribution in [0, 0.1) is 13.8 Å². The van der Waals surface area contributed by atoms with Crippen molar-refractivity contribution in [3.63, 3.8) is 0 Å². The molecular weight excluding hydrogens is 368 g/mol. The summed E-state index contributed by atoms with van der Waals surface area (Å²) in [5.41, 5.74) is 8.10. The Morgan fingerprint density at radius 3 is 1.87 bits per heavy atom. The van der Waals surface area contributed by atoms with Gasteiger partial charge >= 0.3 is 0 Å². The molecule has 4 nitrogen and oxygen atoms in total. The zero-order valence-corrected chi connectivity index (χ0v) is 17.6. The van der Waals surface area contributed by atoms with E-state index < -0.39 is 0 Å². The summed E-state index contributed by atoms with van der Waals surface area (Å²) < 4.78 is 0. The van der Waals surface area contributed by atoms with Crippen LogP contribution in [0.3, 0.4) is 0 Å². The standard InChI is InChI=1S/C26H26N4/c1-16-12-17(2)14-19(13-16)15-20(26-29-23-10-6-7-11-24(23)30-26)18(3)25-27-21-8-4-5-9-22(21)28-25/h4-14,18,20H,15H2,1-3H3,(H,27,28)(H,29,30)/t18-,20-/m0/s1. The lowest BCUT2D eigenvalue weighted by molar-refractivity contribution is 0.530. The third-order valence-corrected chi connectivity index (χ3v) is 5.94. The van der Waals surface area contributed by atoms with Crippen LogP contribution in [0.5, 0.6) is 0 Å². The van der Waals surface area contributed by atoms with Crippen LogP contribution in [-0.2, 0) is 6.42 Å². The van der Waals surface area contributed by atoms with E-state index in [1.807, 2.05) is 24.3 Å². The molecule has 150 valence electrons. The van der Waals surface area contributed by atoms with E-state index in [2.05, 4.69) is 73.2 Å². The van der Waals surface area contributed by atoms with Gasteiger partial charge in [-0.1, -0.05) is 60.5 Å². The number of hydrogen-bond donors (Lipinski definition) is 2. The van der Waals surface area contributed by atoms with E-state index in [0.29, 0.717) is 0 Å². The topological polar surface area (TPSA) is 57.4 Å². The van der Waals surface area contributed by atoms with Crippen LogP contribution in [0.4, 0.5) is 0 Å². The van der Waals surface area contributed by atoms with Crippen molar-refractivity contribution in [2.24, 2.45) is 0 Å². The Bertz CT molecular complexity index is 1240. The largest absolute Gasteiger partial charge is 0.342 e. The lowest BCUT2D eigenvalue weighted by Gasteiger charge is -2.21. The average molecular weight is 395 g/mol. The summed E-state index contributed by atoms with van der Waals surface area (Å²) in [6.45, 7) is 6.57. The van der Waals surface area contributed by atoms with Crippen LogP contribution in [0.25, 0.3) is 22.1 Å². The number of imidazole rings is 2. The molecule has 0 spiro atoms. The number of rotatable bonds is 5. The highest BCUT2D eigenvalue weighted by atomic mass is 15.0. The molecule has 0 saturated carbocycles. The Labute approximate surface area is 176 Å². The molecule has 0 radical (unpaired) electrons. The van der Waals surface area contributed by atoms with Crippen molar-refractivity contribution in [3.05, 3.63) is 95.1 Å². The minimum absolute atomic E-state index is 0.179. The van der Waals surface area contributed by atoms with E-state index in [1.54, 1.807) is 0 Å². The van der Waals surface area contributed by atoms with E-state index >= 15 is 0 Å². The third kappa shape index (κ3) is 3.50. The van der Waals surface area contributed by atoms with E-state index in [0.717, 1.165) is 40.1 Å². The quantitative estimate of drug-likeness (QED) is 0.374. The van der Waals surface area contributed by atoms with E-state index in [9.17, 15) is 0 Å². The van der Waals surface area contributed by atoms with Gasteiger partial charge in [-0.05, 0) is 50.1 Å². The van der Waals surface area contributed by atoms with Crippen molar-refractivity contribution in [1.82, 2.24) is 19.9 Å². The highest BCUT2D eigenvalue weighted by Gasteiger charge is 2.27. The summed E-state index contributed by atoms with van der Waals surface area (Å²) in [4.78, 5) is 17.0. The Morgan fingerprint density at radius 1 is 0.733 bits per heavy atom. The number of aromatic nitrogens is 4. The molecule has 0 bridgehead atoms. The smallest absolute Gasteiger partial charge is 0.111 e. The van der Waals surface area contributed by atoms with Gasteiger partial charge in [-0.25, -0.2) is 9.97 Å². The van der Waals surface area contributed by atoms with E-state index in [-0.39, 0.29) is 11.8 Å². The molecule has 4 heteroatoms. The number of fused-ring (bicyclic) bond motifs is 2. The second-order valence-electron chi connectivity index (χ2n) is 8.37. The summed E-state index contributed by atoms with van der Waals surface area (Å²) >= 11 is 0. The van der Waals surface area contributed by atoms with Crippen molar-refractivity contribution >= 4 is 22.1 Å². The molecule has 0 amide bonds. The summed E-state index contributed by atoms with van der Waals surface area (Å²) in [5.74, 6) is 2.38. The number of nitrogens with zero attached hydrogens (tertiary/aromatic N) is 2. The van der Waals surface area contributed by atoms with Crippen molar-refractivity contribution < 1.29 is 0 Å². The zero-order valence-electron chi connectivity index (χ0n) is 17.6. The van der Waals surface area contributed by atoms with Crippen LogP contribution >= 0.6 is 0 Å². The van der Waals surface area contributed by atoms with Gasteiger partial charge in [0.2, 0.25) is 0 Å². The fraction of sp³-hybridized carbons (Fsp3) is 0.231. The van der Waals surface area contributed by atoms with Crippen molar-refractivity contribution in [2.45, 2.75) is 39.0 Å². The summed E-state index contributed by atoms with van der Waals surface area (Å²) in [6.07, 6.45) is 0.903.